The third-order valence-electron chi connectivity index (χ3n) is 2.65. The summed E-state index contributed by atoms with van der Waals surface area (Å²) in [6.07, 6.45) is 1.68. The fourth-order valence-corrected chi connectivity index (χ4v) is 2.09. The van der Waals surface area contributed by atoms with Crippen LogP contribution < -0.4 is 15.4 Å². The second-order valence-electron chi connectivity index (χ2n) is 3.69. The predicted octanol–water partition coefficient (Wildman–Crippen LogP) is 0.412. The second-order valence-corrected chi connectivity index (χ2v) is 4.54. The van der Waals surface area contributed by atoms with Gasteiger partial charge >= 0.3 is 0 Å². The zero-order chi connectivity index (χ0) is 12.3. The number of anilines is 1. The normalized spacial score (nSPS) is 20.4. The first-order valence-corrected chi connectivity index (χ1v) is 6.16. The van der Waals surface area contributed by atoms with E-state index in [0.29, 0.717) is 31.6 Å². The minimum absolute atomic E-state index is 0.120. The molecule has 0 aromatic carbocycles. The van der Waals surface area contributed by atoms with Crippen LogP contribution in [0.5, 0.6) is 5.88 Å². The molecular weight excluding hydrogens is 288 g/mol. The first-order chi connectivity index (χ1) is 8.26. The van der Waals surface area contributed by atoms with E-state index in [9.17, 15) is 0 Å². The monoisotopic (exact) mass is 302 g/mol. The molecule has 2 N–H and O–H groups in total. The number of methoxy groups -OCH3 is 1. The summed E-state index contributed by atoms with van der Waals surface area (Å²) in [7, 11) is 1.58. The van der Waals surface area contributed by atoms with Gasteiger partial charge in [0.1, 0.15) is 0 Å². The lowest BCUT2D eigenvalue weighted by molar-refractivity contribution is 0.0953. The number of hydrogen-bond acceptors (Lipinski definition) is 6. The molecule has 7 heteroatoms. The zero-order valence-corrected chi connectivity index (χ0v) is 11.2. The van der Waals surface area contributed by atoms with Crippen molar-refractivity contribution in [3.05, 3.63) is 10.7 Å². The molecule has 6 nitrogen and oxygen atoms in total. The van der Waals surface area contributed by atoms with Crippen LogP contribution in [0.2, 0.25) is 0 Å². The highest BCUT2D eigenvalue weighted by atomic mass is 79.9. The highest BCUT2D eigenvalue weighted by molar-refractivity contribution is 9.10. The van der Waals surface area contributed by atoms with Gasteiger partial charge in [-0.2, -0.15) is 4.98 Å². The minimum atomic E-state index is 0.120. The van der Waals surface area contributed by atoms with Crippen LogP contribution in [0.25, 0.3) is 0 Å². The van der Waals surface area contributed by atoms with Crippen LogP contribution in [-0.2, 0) is 4.74 Å². The molecule has 0 amide bonds. The highest BCUT2D eigenvalue weighted by Gasteiger charge is 2.24. The van der Waals surface area contributed by atoms with Crippen molar-refractivity contribution in [3.63, 3.8) is 0 Å². The van der Waals surface area contributed by atoms with Crippen molar-refractivity contribution in [2.24, 2.45) is 5.73 Å². The Kier molecular flexibility index (Phi) is 4.14. The van der Waals surface area contributed by atoms with E-state index < -0.39 is 0 Å². The van der Waals surface area contributed by atoms with Crippen LogP contribution in [0.15, 0.2) is 10.7 Å². The van der Waals surface area contributed by atoms with Crippen LogP contribution in [0.4, 0.5) is 5.95 Å². The van der Waals surface area contributed by atoms with E-state index in [0.717, 1.165) is 11.0 Å². The summed E-state index contributed by atoms with van der Waals surface area (Å²) >= 11 is 3.33. The molecule has 2 rings (SSSR count). The van der Waals surface area contributed by atoms with Gasteiger partial charge in [0, 0.05) is 13.1 Å². The molecular formula is C10H15BrN4O2. The molecule has 17 heavy (non-hydrogen) atoms. The molecule has 0 spiro atoms. The van der Waals surface area contributed by atoms with E-state index in [2.05, 4.69) is 30.8 Å². The zero-order valence-electron chi connectivity index (χ0n) is 9.60. The Labute approximate surface area is 108 Å². The summed E-state index contributed by atoms with van der Waals surface area (Å²) < 4.78 is 11.3. The number of ether oxygens (including phenoxy) is 2. The first kappa shape index (κ1) is 12.5. The lowest BCUT2D eigenvalue weighted by Gasteiger charge is -2.34. The molecule has 1 saturated heterocycles. The molecule has 0 saturated carbocycles. The summed E-state index contributed by atoms with van der Waals surface area (Å²) in [4.78, 5) is 10.7. The number of rotatable bonds is 3. The average molecular weight is 303 g/mol. The minimum Gasteiger partial charge on any atom is -0.480 e. The standard InChI is InChI=1S/C10H15BrN4O2/c1-16-9-8(11)5-13-10(14-9)15-2-3-17-6-7(15)4-12/h5,7H,2-4,6,12H2,1H3. The van der Waals surface area contributed by atoms with Crippen molar-refractivity contribution < 1.29 is 9.47 Å². The van der Waals surface area contributed by atoms with Gasteiger partial charge in [0.05, 0.1) is 37.0 Å². The Bertz CT molecular complexity index is 391. The number of aromatic nitrogens is 2. The number of hydrogen-bond donors (Lipinski definition) is 1. The average Bonchev–Trinajstić information content (AvgIpc) is 2.39. The summed E-state index contributed by atoms with van der Waals surface area (Å²) in [5.74, 6) is 1.15. The van der Waals surface area contributed by atoms with Crippen molar-refractivity contribution >= 4 is 21.9 Å². The van der Waals surface area contributed by atoms with Crippen molar-refractivity contribution in [3.8, 4) is 5.88 Å². The molecule has 1 aromatic rings. The predicted molar refractivity (Wildman–Crippen MR) is 67.3 cm³/mol. The summed E-state index contributed by atoms with van der Waals surface area (Å²) in [6.45, 7) is 2.53. The van der Waals surface area contributed by atoms with Gasteiger partial charge in [0.25, 0.3) is 0 Å². The van der Waals surface area contributed by atoms with Crippen LogP contribution in [-0.4, -0.2) is 49.4 Å². The van der Waals surface area contributed by atoms with E-state index in [-0.39, 0.29) is 6.04 Å². The molecule has 1 unspecified atom stereocenters. The van der Waals surface area contributed by atoms with Crippen molar-refractivity contribution in [2.45, 2.75) is 6.04 Å². The number of morpholine rings is 1. The lowest BCUT2D eigenvalue weighted by atomic mass is 10.2. The molecule has 0 bridgehead atoms. The molecule has 0 radical (unpaired) electrons. The SMILES string of the molecule is COc1nc(N2CCOCC2CN)ncc1Br. The molecule has 1 aliphatic heterocycles. The van der Waals surface area contributed by atoms with Crippen LogP contribution in [0.1, 0.15) is 0 Å². The van der Waals surface area contributed by atoms with Gasteiger partial charge in [0.15, 0.2) is 0 Å². The molecule has 0 aliphatic carbocycles. The van der Waals surface area contributed by atoms with Crippen molar-refractivity contribution in [1.82, 2.24) is 9.97 Å². The highest BCUT2D eigenvalue weighted by Crippen LogP contribution is 2.24. The Morgan fingerprint density at radius 2 is 2.53 bits per heavy atom. The van der Waals surface area contributed by atoms with Gasteiger partial charge < -0.3 is 20.1 Å². The number of nitrogens with zero attached hydrogens (tertiary/aromatic N) is 3. The fraction of sp³-hybridized carbons (Fsp3) is 0.600. The van der Waals surface area contributed by atoms with Crippen molar-refractivity contribution in [2.75, 3.05) is 38.3 Å². The van der Waals surface area contributed by atoms with Gasteiger partial charge in [-0.25, -0.2) is 4.98 Å². The summed E-state index contributed by atoms with van der Waals surface area (Å²) in [6, 6.07) is 0.120. The second kappa shape index (κ2) is 5.61. The molecule has 1 atom stereocenters. The van der Waals surface area contributed by atoms with E-state index in [1.807, 2.05) is 0 Å². The first-order valence-electron chi connectivity index (χ1n) is 5.37. The van der Waals surface area contributed by atoms with Crippen LogP contribution in [0, 0.1) is 0 Å². The Balaban J connectivity index is 2.25. The molecule has 1 aliphatic rings. The number of nitrogens with two attached hydrogens (primary N) is 1. The van der Waals surface area contributed by atoms with E-state index >= 15 is 0 Å². The maximum atomic E-state index is 5.71. The fourth-order valence-electron chi connectivity index (χ4n) is 1.74. The quantitative estimate of drug-likeness (QED) is 0.872. The van der Waals surface area contributed by atoms with Crippen LogP contribution >= 0.6 is 15.9 Å². The van der Waals surface area contributed by atoms with E-state index in [1.165, 1.54) is 0 Å². The topological polar surface area (TPSA) is 73.5 Å². The molecule has 1 aromatic heterocycles. The van der Waals surface area contributed by atoms with Crippen molar-refractivity contribution in [1.29, 1.82) is 0 Å². The lowest BCUT2D eigenvalue weighted by Crippen LogP contribution is -2.50. The molecule has 94 valence electrons. The van der Waals surface area contributed by atoms with Crippen LogP contribution in [0.3, 0.4) is 0 Å². The maximum absolute atomic E-state index is 5.71. The Hall–Kier alpha value is -0.920. The number of halogens is 1. The third-order valence-corrected chi connectivity index (χ3v) is 3.19. The van der Waals surface area contributed by atoms with Gasteiger partial charge in [-0.15, -0.1) is 0 Å². The van der Waals surface area contributed by atoms with Gasteiger partial charge in [-0.1, -0.05) is 0 Å². The van der Waals surface area contributed by atoms with Gasteiger partial charge in [-0.05, 0) is 15.9 Å². The van der Waals surface area contributed by atoms with Gasteiger partial charge in [-0.3, -0.25) is 0 Å². The van der Waals surface area contributed by atoms with E-state index in [1.54, 1.807) is 13.3 Å². The molecule has 2 heterocycles. The van der Waals surface area contributed by atoms with E-state index in [4.69, 9.17) is 15.2 Å². The Morgan fingerprint density at radius 1 is 1.71 bits per heavy atom. The largest absolute Gasteiger partial charge is 0.480 e. The Morgan fingerprint density at radius 3 is 3.24 bits per heavy atom. The third kappa shape index (κ3) is 2.67. The smallest absolute Gasteiger partial charge is 0.232 e. The van der Waals surface area contributed by atoms with Gasteiger partial charge in [0.2, 0.25) is 11.8 Å². The summed E-state index contributed by atoms with van der Waals surface area (Å²) in [5.41, 5.74) is 5.71. The maximum Gasteiger partial charge on any atom is 0.232 e. The summed E-state index contributed by atoms with van der Waals surface area (Å²) in [5, 5.41) is 0. The molecule has 1 fully saturated rings.